The molecular weight excluding hydrogens is 406 g/mol. The number of hydrogen-bond acceptors (Lipinski definition) is 5. The van der Waals surface area contributed by atoms with Gasteiger partial charge in [-0.15, -0.1) is 0 Å². The summed E-state index contributed by atoms with van der Waals surface area (Å²) in [5.74, 6) is 1.32. The normalized spacial score (nSPS) is 10.9. The molecule has 5 aromatic rings. The minimum Gasteiger partial charge on any atom is -0.497 e. The molecular formula is C23H19N7O2. The standard InChI is InChI=1S/C23H19N7O2/c1-13(31)27-15-3-5-16(6-4-15)28-23-21(29-22-14(10-24)11-26-30(22)23)19-12-25-20-9-17(32-2)7-8-18(19)20/h3-9,11-12,25,28-29H,1-2H3,(H,27,31). The highest BCUT2D eigenvalue weighted by atomic mass is 16.5. The summed E-state index contributed by atoms with van der Waals surface area (Å²) in [4.78, 5) is 17.9. The number of nitrogens with one attached hydrogen (secondary N) is 4. The molecule has 0 spiro atoms. The first kappa shape index (κ1) is 19.3. The second kappa shape index (κ2) is 7.52. The van der Waals surface area contributed by atoms with E-state index in [1.807, 2.05) is 48.7 Å². The van der Waals surface area contributed by atoms with Gasteiger partial charge in [0.1, 0.15) is 17.4 Å². The highest BCUT2D eigenvalue weighted by Crippen LogP contribution is 2.37. The van der Waals surface area contributed by atoms with Crippen molar-refractivity contribution in [3.05, 3.63) is 60.4 Å². The number of carbonyl (C=O) groups excluding carboxylic acids is 1. The van der Waals surface area contributed by atoms with E-state index >= 15 is 0 Å². The lowest BCUT2D eigenvalue weighted by molar-refractivity contribution is -0.114. The van der Waals surface area contributed by atoms with Gasteiger partial charge in [-0.2, -0.15) is 14.9 Å². The molecule has 0 atom stereocenters. The van der Waals surface area contributed by atoms with Crippen molar-refractivity contribution in [2.75, 3.05) is 17.7 Å². The lowest BCUT2D eigenvalue weighted by atomic mass is 10.1. The third-order valence-corrected chi connectivity index (χ3v) is 5.21. The fourth-order valence-corrected chi connectivity index (χ4v) is 3.73. The summed E-state index contributed by atoms with van der Waals surface area (Å²) >= 11 is 0. The van der Waals surface area contributed by atoms with E-state index in [9.17, 15) is 10.1 Å². The molecule has 0 unspecified atom stereocenters. The van der Waals surface area contributed by atoms with E-state index in [4.69, 9.17) is 4.74 Å². The van der Waals surface area contributed by atoms with Crippen molar-refractivity contribution < 1.29 is 9.53 Å². The van der Waals surface area contributed by atoms with Gasteiger partial charge in [0.25, 0.3) is 0 Å². The predicted octanol–water partition coefficient (Wildman–Crippen LogP) is 4.39. The zero-order valence-electron chi connectivity index (χ0n) is 17.4. The molecule has 0 saturated heterocycles. The number of imidazole rings is 1. The van der Waals surface area contributed by atoms with E-state index in [0.717, 1.165) is 33.6 Å². The van der Waals surface area contributed by atoms with Gasteiger partial charge in [0.15, 0.2) is 11.5 Å². The lowest BCUT2D eigenvalue weighted by Crippen LogP contribution is -2.05. The van der Waals surface area contributed by atoms with E-state index in [2.05, 4.69) is 31.8 Å². The minimum atomic E-state index is -0.128. The number of H-pyrrole nitrogens is 2. The Balaban J connectivity index is 1.62. The highest BCUT2D eigenvalue weighted by Gasteiger charge is 2.20. The Morgan fingerprint density at radius 3 is 2.69 bits per heavy atom. The van der Waals surface area contributed by atoms with Crippen LogP contribution in [-0.4, -0.2) is 32.6 Å². The van der Waals surface area contributed by atoms with Crippen molar-refractivity contribution >= 4 is 39.6 Å². The molecule has 0 radical (unpaired) electrons. The van der Waals surface area contributed by atoms with Crippen LogP contribution in [0.4, 0.5) is 17.2 Å². The topological polar surface area (TPSA) is 123 Å². The van der Waals surface area contributed by atoms with E-state index < -0.39 is 0 Å². The molecule has 158 valence electrons. The molecule has 3 aromatic heterocycles. The van der Waals surface area contributed by atoms with Gasteiger partial charge in [-0.1, -0.05) is 0 Å². The summed E-state index contributed by atoms with van der Waals surface area (Å²) in [5.41, 5.74) is 5.19. The van der Waals surface area contributed by atoms with Gasteiger partial charge in [0.2, 0.25) is 5.91 Å². The summed E-state index contributed by atoms with van der Waals surface area (Å²) in [6.07, 6.45) is 3.44. The van der Waals surface area contributed by atoms with Crippen molar-refractivity contribution in [1.29, 1.82) is 5.26 Å². The van der Waals surface area contributed by atoms with E-state index in [0.29, 0.717) is 22.7 Å². The number of rotatable bonds is 5. The van der Waals surface area contributed by atoms with Gasteiger partial charge in [0.05, 0.1) is 19.0 Å². The van der Waals surface area contributed by atoms with Crippen LogP contribution in [-0.2, 0) is 4.79 Å². The summed E-state index contributed by atoms with van der Waals surface area (Å²) in [5, 5.41) is 21.0. The molecule has 5 rings (SSSR count). The SMILES string of the molecule is COc1ccc2c(-c3[nH]c4c(C#N)cnn4c3Nc3ccc(NC(C)=O)cc3)c[nH]c2c1. The Labute approximate surface area is 182 Å². The molecule has 2 aromatic carbocycles. The Morgan fingerprint density at radius 1 is 1.19 bits per heavy atom. The Bertz CT molecular complexity index is 1500. The van der Waals surface area contributed by atoms with Gasteiger partial charge in [-0.25, -0.2) is 0 Å². The fourth-order valence-electron chi connectivity index (χ4n) is 3.73. The summed E-state index contributed by atoms with van der Waals surface area (Å²) in [6, 6.07) is 15.4. The second-order valence-corrected chi connectivity index (χ2v) is 7.28. The number of amides is 1. The summed E-state index contributed by atoms with van der Waals surface area (Å²) < 4.78 is 7.00. The van der Waals surface area contributed by atoms with Crippen LogP contribution in [0.5, 0.6) is 5.75 Å². The molecule has 9 nitrogen and oxygen atoms in total. The number of anilines is 3. The summed E-state index contributed by atoms with van der Waals surface area (Å²) in [6.45, 7) is 1.47. The average Bonchev–Trinajstić information content (AvgIpc) is 3.48. The Hall–Kier alpha value is -4.71. The van der Waals surface area contributed by atoms with Gasteiger partial charge in [0, 0.05) is 47.0 Å². The van der Waals surface area contributed by atoms with Gasteiger partial charge in [-0.3, -0.25) is 4.79 Å². The maximum Gasteiger partial charge on any atom is 0.221 e. The largest absolute Gasteiger partial charge is 0.497 e. The van der Waals surface area contributed by atoms with Crippen molar-refractivity contribution in [3.63, 3.8) is 0 Å². The molecule has 0 saturated carbocycles. The monoisotopic (exact) mass is 425 g/mol. The molecule has 4 N–H and O–H groups in total. The maximum absolute atomic E-state index is 11.3. The van der Waals surface area contributed by atoms with Crippen molar-refractivity contribution in [1.82, 2.24) is 19.6 Å². The zero-order chi connectivity index (χ0) is 22.2. The first-order valence-electron chi connectivity index (χ1n) is 9.87. The highest BCUT2D eigenvalue weighted by molar-refractivity contribution is 5.99. The molecule has 3 heterocycles. The van der Waals surface area contributed by atoms with Crippen LogP contribution < -0.4 is 15.4 Å². The summed E-state index contributed by atoms with van der Waals surface area (Å²) in [7, 11) is 1.63. The molecule has 0 bridgehead atoms. The third-order valence-electron chi connectivity index (χ3n) is 5.21. The van der Waals surface area contributed by atoms with Crippen LogP contribution in [0.1, 0.15) is 12.5 Å². The lowest BCUT2D eigenvalue weighted by Gasteiger charge is -2.09. The number of ether oxygens (including phenoxy) is 1. The molecule has 0 fully saturated rings. The third kappa shape index (κ3) is 3.20. The van der Waals surface area contributed by atoms with Crippen LogP contribution in [0, 0.1) is 11.3 Å². The minimum absolute atomic E-state index is 0.128. The van der Waals surface area contributed by atoms with Crippen LogP contribution in [0.3, 0.4) is 0 Å². The fraction of sp³-hybridized carbons (Fsp3) is 0.0870. The average molecular weight is 425 g/mol. The molecule has 32 heavy (non-hydrogen) atoms. The van der Waals surface area contributed by atoms with Crippen LogP contribution >= 0.6 is 0 Å². The number of nitrogens with zero attached hydrogens (tertiary/aromatic N) is 3. The first-order chi connectivity index (χ1) is 15.6. The van der Waals surface area contributed by atoms with E-state index in [-0.39, 0.29) is 5.91 Å². The molecule has 0 aliphatic heterocycles. The van der Waals surface area contributed by atoms with Crippen molar-refractivity contribution in [2.45, 2.75) is 6.92 Å². The number of fused-ring (bicyclic) bond motifs is 2. The maximum atomic E-state index is 11.3. The number of hydrogen-bond donors (Lipinski definition) is 4. The van der Waals surface area contributed by atoms with Crippen molar-refractivity contribution in [2.24, 2.45) is 0 Å². The van der Waals surface area contributed by atoms with Crippen LogP contribution in [0.15, 0.2) is 54.9 Å². The van der Waals surface area contributed by atoms with E-state index in [1.54, 1.807) is 11.6 Å². The number of carbonyl (C=O) groups is 1. The van der Waals surface area contributed by atoms with Gasteiger partial charge < -0.3 is 25.3 Å². The quantitative estimate of drug-likeness (QED) is 0.332. The second-order valence-electron chi connectivity index (χ2n) is 7.28. The first-order valence-corrected chi connectivity index (χ1v) is 9.87. The number of benzene rings is 2. The number of aromatic nitrogens is 4. The Kier molecular flexibility index (Phi) is 4.53. The van der Waals surface area contributed by atoms with Crippen LogP contribution in [0.2, 0.25) is 0 Å². The molecule has 1 amide bonds. The number of aromatic amines is 2. The molecule has 0 aliphatic carbocycles. The number of nitriles is 1. The van der Waals surface area contributed by atoms with Gasteiger partial charge in [-0.05, 0) is 36.4 Å². The van der Waals surface area contributed by atoms with Crippen LogP contribution in [0.25, 0.3) is 27.8 Å². The molecule has 9 heteroatoms. The predicted molar refractivity (Wildman–Crippen MR) is 122 cm³/mol. The number of methoxy groups -OCH3 is 1. The zero-order valence-corrected chi connectivity index (χ0v) is 17.4. The molecule has 0 aliphatic rings. The van der Waals surface area contributed by atoms with Crippen molar-refractivity contribution in [3.8, 4) is 23.1 Å². The Morgan fingerprint density at radius 2 is 1.97 bits per heavy atom. The smallest absolute Gasteiger partial charge is 0.221 e. The van der Waals surface area contributed by atoms with E-state index in [1.165, 1.54) is 13.1 Å². The van der Waals surface area contributed by atoms with Gasteiger partial charge >= 0.3 is 0 Å².